The first kappa shape index (κ1) is 19.6. The van der Waals surface area contributed by atoms with Gasteiger partial charge in [0.2, 0.25) is 0 Å². The highest BCUT2D eigenvalue weighted by molar-refractivity contribution is 6.79. The third-order valence-corrected chi connectivity index (χ3v) is 11.4. The molecule has 0 aliphatic heterocycles. The molecule has 4 heteroatoms. The van der Waals surface area contributed by atoms with Crippen molar-refractivity contribution in [3.8, 4) is 0 Å². The van der Waals surface area contributed by atoms with Crippen LogP contribution >= 0.6 is 0 Å². The van der Waals surface area contributed by atoms with Crippen LogP contribution in [0.15, 0.2) is 0 Å². The van der Waals surface area contributed by atoms with Crippen molar-refractivity contribution in [3.63, 3.8) is 0 Å². The molecule has 3 unspecified atom stereocenters. The van der Waals surface area contributed by atoms with Crippen LogP contribution in [0.5, 0.6) is 0 Å². The number of hydrogen-bond acceptors (Lipinski definition) is 3. The number of carbonyl (C=O) groups excluding carboxylic acids is 1. The normalized spacial score (nSPS) is 18.9. The summed E-state index contributed by atoms with van der Waals surface area (Å²) >= 11 is 0. The van der Waals surface area contributed by atoms with Crippen molar-refractivity contribution in [2.45, 2.75) is 90.3 Å². The van der Waals surface area contributed by atoms with E-state index in [2.05, 4.69) is 41.5 Å². The molecule has 0 spiro atoms. The van der Waals surface area contributed by atoms with Crippen molar-refractivity contribution < 1.29 is 14.3 Å². The standard InChI is InChI=1S/C16H34O3Si/c1-7-13(4)20(14(5)8-2,15(6)9-3)19-16(18)11-10-12-17/h13-15,17H,7-12H2,1-6H3. The molecule has 0 aromatic carbocycles. The molecule has 0 aromatic rings. The Bertz CT molecular complexity index is 254. The van der Waals surface area contributed by atoms with Gasteiger partial charge in [-0.1, -0.05) is 60.8 Å². The Kier molecular flexibility index (Phi) is 9.39. The lowest BCUT2D eigenvalue weighted by atomic mass is 10.3. The van der Waals surface area contributed by atoms with E-state index in [0.29, 0.717) is 29.5 Å². The fourth-order valence-corrected chi connectivity index (χ4v) is 9.12. The van der Waals surface area contributed by atoms with Gasteiger partial charge in [0.25, 0.3) is 14.3 Å². The predicted octanol–water partition coefficient (Wildman–Crippen LogP) is 4.65. The minimum atomic E-state index is -2.15. The average Bonchev–Trinajstić information content (AvgIpc) is 2.47. The topological polar surface area (TPSA) is 46.5 Å². The minimum Gasteiger partial charge on any atom is -0.518 e. The van der Waals surface area contributed by atoms with E-state index in [1.54, 1.807) is 0 Å². The molecule has 0 heterocycles. The molecule has 120 valence electrons. The van der Waals surface area contributed by atoms with Crippen LogP contribution in [0.2, 0.25) is 16.6 Å². The van der Waals surface area contributed by atoms with Gasteiger partial charge in [0.15, 0.2) is 0 Å². The Morgan fingerprint density at radius 2 is 1.40 bits per heavy atom. The van der Waals surface area contributed by atoms with Crippen molar-refractivity contribution in [2.75, 3.05) is 6.61 Å². The molecule has 0 fully saturated rings. The fourth-order valence-electron chi connectivity index (χ4n) is 3.19. The second kappa shape index (κ2) is 9.56. The lowest BCUT2D eigenvalue weighted by Crippen LogP contribution is -2.51. The molecule has 0 aliphatic rings. The fraction of sp³-hybridized carbons (Fsp3) is 0.938. The van der Waals surface area contributed by atoms with Crippen LogP contribution in [-0.4, -0.2) is 26.0 Å². The van der Waals surface area contributed by atoms with Crippen LogP contribution in [0.4, 0.5) is 0 Å². The van der Waals surface area contributed by atoms with Gasteiger partial charge in [-0.15, -0.1) is 0 Å². The third kappa shape index (κ3) is 4.59. The van der Waals surface area contributed by atoms with Crippen molar-refractivity contribution in [1.29, 1.82) is 0 Å². The molecule has 0 saturated heterocycles. The monoisotopic (exact) mass is 302 g/mol. The summed E-state index contributed by atoms with van der Waals surface area (Å²) in [6.45, 7) is 13.4. The second-order valence-corrected chi connectivity index (χ2v) is 11.0. The van der Waals surface area contributed by atoms with E-state index in [1.807, 2.05) is 0 Å². The molecule has 0 rings (SSSR count). The van der Waals surface area contributed by atoms with Crippen molar-refractivity contribution in [3.05, 3.63) is 0 Å². The number of rotatable bonds is 10. The van der Waals surface area contributed by atoms with E-state index in [0.717, 1.165) is 19.3 Å². The van der Waals surface area contributed by atoms with Crippen molar-refractivity contribution in [2.24, 2.45) is 0 Å². The molecule has 1 N–H and O–H groups in total. The van der Waals surface area contributed by atoms with Crippen LogP contribution < -0.4 is 0 Å². The summed E-state index contributed by atoms with van der Waals surface area (Å²) in [6.07, 6.45) is 4.04. The lowest BCUT2D eigenvalue weighted by Gasteiger charge is -2.44. The summed E-state index contributed by atoms with van der Waals surface area (Å²) in [7, 11) is -2.15. The predicted molar refractivity (Wildman–Crippen MR) is 87.3 cm³/mol. The van der Waals surface area contributed by atoms with Gasteiger partial charge in [0.1, 0.15) is 0 Å². The maximum atomic E-state index is 12.2. The Morgan fingerprint density at radius 3 is 1.70 bits per heavy atom. The van der Waals surface area contributed by atoms with E-state index in [4.69, 9.17) is 9.53 Å². The van der Waals surface area contributed by atoms with Gasteiger partial charge in [-0.3, -0.25) is 4.79 Å². The smallest absolute Gasteiger partial charge is 0.292 e. The average molecular weight is 303 g/mol. The van der Waals surface area contributed by atoms with Crippen LogP contribution in [0, 0.1) is 0 Å². The summed E-state index contributed by atoms with van der Waals surface area (Å²) in [5.41, 5.74) is 1.43. The quantitative estimate of drug-likeness (QED) is 0.598. The summed E-state index contributed by atoms with van der Waals surface area (Å²) in [4.78, 5) is 12.2. The molecule has 0 aromatic heterocycles. The first-order chi connectivity index (χ1) is 9.40. The largest absolute Gasteiger partial charge is 0.518 e. The highest BCUT2D eigenvalue weighted by Crippen LogP contribution is 2.47. The number of hydrogen-bond donors (Lipinski definition) is 1. The Hall–Kier alpha value is -0.353. The van der Waals surface area contributed by atoms with Crippen molar-refractivity contribution >= 4 is 14.3 Å². The third-order valence-electron chi connectivity index (χ3n) is 4.98. The van der Waals surface area contributed by atoms with Gasteiger partial charge in [0, 0.05) is 13.0 Å². The van der Waals surface area contributed by atoms with Gasteiger partial charge in [0.05, 0.1) is 0 Å². The second-order valence-electron chi connectivity index (χ2n) is 6.08. The summed E-state index contributed by atoms with van der Waals surface area (Å²) in [6, 6.07) is 0. The summed E-state index contributed by atoms with van der Waals surface area (Å²) in [5, 5.41) is 8.88. The zero-order chi connectivity index (χ0) is 15.8. The molecule has 0 saturated carbocycles. The van der Waals surface area contributed by atoms with Crippen LogP contribution in [0.3, 0.4) is 0 Å². The Balaban J connectivity index is 5.33. The first-order valence-electron chi connectivity index (χ1n) is 8.23. The van der Waals surface area contributed by atoms with E-state index >= 15 is 0 Å². The first-order valence-corrected chi connectivity index (χ1v) is 10.4. The Morgan fingerprint density at radius 1 is 1.00 bits per heavy atom. The SMILES string of the molecule is CCC(C)[Si](OC(=O)CCCO)(C(C)CC)C(C)CC. The van der Waals surface area contributed by atoms with Gasteiger partial charge >= 0.3 is 0 Å². The maximum absolute atomic E-state index is 12.2. The van der Waals surface area contributed by atoms with Crippen molar-refractivity contribution in [1.82, 2.24) is 0 Å². The number of carbonyl (C=O) groups is 1. The molecule has 0 bridgehead atoms. The summed E-state index contributed by atoms with van der Waals surface area (Å²) in [5.74, 6) is -0.105. The number of aliphatic hydroxyl groups excluding tert-OH is 1. The summed E-state index contributed by atoms with van der Waals surface area (Å²) < 4.78 is 6.19. The van der Waals surface area contributed by atoms with Crippen LogP contribution in [-0.2, 0) is 9.22 Å². The molecule has 3 nitrogen and oxygen atoms in total. The minimum absolute atomic E-state index is 0.0552. The van der Waals surface area contributed by atoms with Gasteiger partial charge in [-0.25, -0.2) is 0 Å². The molecular formula is C16H34O3Si. The van der Waals surface area contributed by atoms with Gasteiger partial charge in [-0.2, -0.15) is 0 Å². The molecule has 0 aliphatic carbocycles. The van der Waals surface area contributed by atoms with Gasteiger partial charge in [-0.05, 0) is 23.0 Å². The molecular weight excluding hydrogens is 268 g/mol. The van der Waals surface area contributed by atoms with E-state index in [-0.39, 0.29) is 12.6 Å². The lowest BCUT2D eigenvalue weighted by molar-refractivity contribution is -0.136. The number of aliphatic hydroxyl groups is 1. The molecule has 0 radical (unpaired) electrons. The zero-order valence-electron chi connectivity index (χ0n) is 14.2. The molecule has 0 amide bonds. The highest BCUT2D eigenvalue weighted by Gasteiger charge is 2.51. The maximum Gasteiger partial charge on any atom is 0.292 e. The zero-order valence-corrected chi connectivity index (χ0v) is 15.2. The van der Waals surface area contributed by atoms with Crippen LogP contribution in [0.1, 0.15) is 73.6 Å². The molecule has 20 heavy (non-hydrogen) atoms. The van der Waals surface area contributed by atoms with E-state index < -0.39 is 8.32 Å². The van der Waals surface area contributed by atoms with Crippen LogP contribution in [0.25, 0.3) is 0 Å². The van der Waals surface area contributed by atoms with E-state index in [1.165, 1.54) is 0 Å². The molecule has 3 atom stereocenters. The Labute approximate surface area is 126 Å². The highest BCUT2D eigenvalue weighted by atomic mass is 28.4. The van der Waals surface area contributed by atoms with E-state index in [9.17, 15) is 4.79 Å². The van der Waals surface area contributed by atoms with Gasteiger partial charge < -0.3 is 9.53 Å².